The quantitative estimate of drug-likeness (QED) is 0.135. The molecule has 1 aromatic heterocycles. The molecule has 5 heterocycles. The molecule has 4 aromatic carbocycles. The van der Waals surface area contributed by atoms with Gasteiger partial charge in [0, 0.05) is 30.3 Å². The number of carbonyl (C=O) groups is 4. The summed E-state index contributed by atoms with van der Waals surface area (Å²) in [7, 11) is 2.59. The summed E-state index contributed by atoms with van der Waals surface area (Å²) in [6.07, 6.45) is 4.35. The predicted molar refractivity (Wildman–Crippen MR) is 234 cm³/mol. The molecule has 0 radical (unpaired) electrons. The predicted octanol–water partition coefficient (Wildman–Crippen LogP) is 7.94. The van der Waals surface area contributed by atoms with E-state index >= 15 is 0 Å². The Kier molecular flexibility index (Phi) is 10.9. The number of fused-ring (bicyclic) bond motifs is 6. The monoisotopic (exact) mass is 837 g/mol. The highest BCUT2D eigenvalue weighted by Crippen LogP contribution is 2.45. The Bertz CT molecular complexity index is 2610. The van der Waals surface area contributed by atoms with Crippen molar-refractivity contribution in [1.29, 1.82) is 0 Å². The van der Waals surface area contributed by atoms with E-state index in [0.29, 0.717) is 31.0 Å². The van der Waals surface area contributed by atoms with Crippen LogP contribution in [0, 0.1) is 5.92 Å². The van der Waals surface area contributed by atoms with Crippen LogP contribution in [0.15, 0.2) is 84.0 Å². The summed E-state index contributed by atoms with van der Waals surface area (Å²) in [5, 5.41) is 7.63. The van der Waals surface area contributed by atoms with Crippen molar-refractivity contribution in [1.82, 2.24) is 30.4 Å². The maximum Gasteiger partial charge on any atom is 0.407 e. The molecule has 320 valence electrons. The number of likely N-dealkylation sites (tertiary alicyclic amines) is 2. The lowest BCUT2D eigenvalue weighted by Gasteiger charge is -2.32. The number of hydrogen-bond acceptors (Lipinski definition) is 9. The van der Waals surface area contributed by atoms with Crippen molar-refractivity contribution >= 4 is 46.2 Å². The number of benzene rings is 4. The molecule has 2 fully saturated rings. The van der Waals surface area contributed by atoms with E-state index < -0.39 is 24.3 Å². The van der Waals surface area contributed by atoms with E-state index in [0.717, 1.165) is 87.1 Å². The molecule has 0 aliphatic carbocycles. The number of imidazole rings is 1. The Morgan fingerprint density at radius 2 is 1.66 bits per heavy atom. The van der Waals surface area contributed by atoms with Gasteiger partial charge in [-0.25, -0.2) is 14.6 Å². The number of alkyl carbamates (subject to hydrolysis) is 2. The Balaban J connectivity index is 0.933. The highest BCUT2D eigenvalue weighted by molar-refractivity contribution is 6.06. The van der Waals surface area contributed by atoms with Crippen LogP contribution in [0.25, 0.3) is 33.2 Å². The Labute approximate surface area is 360 Å². The molecule has 5 atom stereocenters. The van der Waals surface area contributed by atoms with Crippen LogP contribution in [-0.2, 0) is 32.1 Å². The van der Waals surface area contributed by atoms with Crippen LogP contribution in [0.4, 0.5) is 15.3 Å². The minimum Gasteiger partial charge on any atom is -0.488 e. The smallest absolute Gasteiger partial charge is 0.407 e. The molecule has 4 aliphatic heterocycles. The zero-order valence-corrected chi connectivity index (χ0v) is 35.6. The van der Waals surface area contributed by atoms with Crippen LogP contribution in [0.5, 0.6) is 5.75 Å². The minimum absolute atomic E-state index is 0.0146. The number of ether oxygens (including phenoxy) is 3. The summed E-state index contributed by atoms with van der Waals surface area (Å²) in [6, 6.07) is 22.0. The van der Waals surface area contributed by atoms with Gasteiger partial charge in [0.25, 0.3) is 0 Å². The minimum atomic E-state index is -0.875. The van der Waals surface area contributed by atoms with Gasteiger partial charge in [0.05, 0.1) is 43.9 Å². The number of aliphatic imine (C=N–C) groups is 1. The Morgan fingerprint density at radius 3 is 2.44 bits per heavy atom. The summed E-state index contributed by atoms with van der Waals surface area (Å²) >= 11 is 0. The van der Waals surface area contributed by atoms with Crippen LogP contribution < -0.4 is 15.4 Å². The molecule has 5 aromatic rings. The fraction of sp³-hybridized carbons (Fsp3) is 0.375. The molecule has 14 heteroatoms. The first kappa shape index (κ1) is 40.7. The molecule has 9 rings (SSSR count). The first-order valence-electron chi connectivity index (χ1n) is 21.4. The van der Waals surface area contributed by atoms with Crippen LogP contribution >= 0.6 is 0 Å². The van der Waals surface area contributed by atoms with E-state index in [-0.39, 0.29) is 35.9 Å². The molecular formula is C48H51N7O7. The molecule has 0 bridgehead atoms. The van der Waals surface area contributed by atoms with E-state index in [4.69, 9.17) is 24.2 Å². The number of nitrogens with one attached hydrogen (secondary N) is 3. The van der Waals surface area contributed by atoms with E-state index in [2.05, 4.69) is 58.1 Å². The van der Waals surface area contributed by atoms with Gasteiger partial charge in [-0.3, -0.25) is 14.6 Å². The summed E-state index contributed by atoms with van der Waals surface area (Å²) < 4.78 is 16.2. The molecule has 4 amide bonds. The fourth-order valence-corrected chi connectivity index (χ4v) is 9.68. The molecule has 0 spiro atoms. The first-order valence-corrected chi connectivity index (χ1v) is 21.4. The van der Waals surface area contributed by atoms with Crippen molar-refractivity contribution in [3.05, 3.63) is 102 Å². The molecule has 3 N–H and O–H groups in total. The highest BCUT2D eigenvalue weighted by atomic mass is 16.5. The number of nitrogens with zero attached hydrogens (tertiary/aromatic N) is 4. The molecule has 2 saturated heterocycles. The average molecular weight is 838 g/mol. The van der Waals surface area contributed by atoms with Crippen LogP contribution in [0.1, 0.15) is 81.1 Å². The summed E-state index contributed by atoms with van der Waals surface area (Å²) in [5.41, 5.74) is 8.62. The van der Waals surface area contributed by atoms with Gasteiger partial charge in [-0.05, 0) is 101 Å². The van der Waals surface area contributed by atoms with Gasteiger partial charge in [-0.2, -0.15) is 0 Å². The second-order valence-electron chi connectivity index (χ2n) is 17.0. The topological polar surface area (TPSA) is 168 Å². The van der Waals surface area contributed by atoms with E-state index in [1.54, 1.807) is 0 Å². The molecular weight excluding hydrogens is 787 g/mol. The first-order chi connectivity index (χ1) is 30.0. The Hall–Kier alpha value is -6.70. The zero-order chi connectivity index (χ0) is 43.2. The SMILES string of the molecule is COC(=O)N[C@H](C(=O)N1[C@@H](C)CC[C@H]1c1ncc(-c2ccc3c(c2)COc2cc4c5c(ccc4cc2-3)N=C(C2CCCN2C(=O)[C@H](NC(=O)OC)c2ccccc2)C5)[nH]1)C(C)C. The van der Waals surface area contributed by atoms with Crippen molar-refractivity contribution in [2.45, 2.75) is 89.7 Å². The third kappa shape index (κ3) is 7.41. The lowest BCUT2D eigenvalue weighted by molar-refractivity contribution is -0.137. The molecule has 14 nitrogen and oxygen atoms in total. The maximum absolute atomic E-state index is 14.1. The fourth-order valence-electron chi connectivity index (χ4n) is 9.68. The van der Waals surface area contributed by atoms with Gasteiger partial charge >= 0.3 is 12.2 Å². The van der Waals surface area contributed by atoms with E-state index in [9.17, 15) is 19.2 Å². The number of aromatic amines is 1. The average Bonchev–Trinajstić information content (AvgIpc) is 4.12. The van der Waals surface area contributed by atoms with Gasteiger partial charge in [-0.1, -0.05) is 62.4 Å². The highest BCUT2D eigenvalue weighted by Gasteiger charge is 2.42. The van der Waals surface area contributed by atoms with Crippen LogP contribution in [0.2, 0.25) is 0 Å². The number of amides is 4. The standard InChI is InChI=1S/C48H51N7O7/c1-26(2)42(52-47(58)60-4)46(57)55-27(3)13-18-40(55)44-49-24-38(51-44)30-14-16-32-31(20-30)25-62-41-23-33-29(21-35(32)41)15-17-36-34(33)22-37(50-36)39-12-9-19-54(39)45(56)43(53-48(59)61-5)28-10-7-6-8-11-28/h6-8,10-11,14-17,20-21,23-24,26-27,39-40,42-43H,9,12-13,18-19,22,25H2,1-5H3,(H,49,51)(H,52,58)(H,53,59)/t27-,39?,40-,42-,43+/m0/s1. The van der Waals surface area contributed by atoms with E-state index in [1.165, 1.54) is 14.2 Å². The summed E-state index contributed by atoms with van der Waals surface area (Å²) in [6.45, 7) is 6.82. The van der Waals surface area contributed by atoms with Crippen LogP contribution in [-0.4, -0.2) is 88.4 Å². The number of methoxy groups -OCH3 is 2. The van der Waals surface area contributed by atoms with Gasteiger partial charge in [0.2, 0.25) is 11.8 Å². The second-order valence-corrected chi connectivity index (χ2v) is 17.0. The number of hydrogen-bond donors (Lipinski definition) is 3. The van der Waals surface area contributed by atoms with Crippen molar-refractivity contribution in [3.63, 3.8) is 0 Å². The van der Waals surface area contributed by atoms with Crippen molar-refractivity contribution in [2.75, 3.05) is 20.8 Å². The Morgan fingerprint density at radius 1 is 0.871 bits per heavy atom. The normalized spacial score (nSPS) is 19.8. The largest absolute Gasteiger partial charge is 0.488 e. The van der Waals surface area contributed by atoms with Gasteiger partial charge in [0.15, 0.2) is 0 Å². The van der Waals surface area contributed by atoms with Gasteiger partial charge in [0.1, 0.15) is 30.3 Å². The second kappa shape index (κ2) is 16.6. The molecule has 4 aliphatic rings. The van der Waals surface area contributed by atoms with E-state index in [1.807, 2.05) is 67.1 Å². The van der Waals surface area contributed by atoms with Crippen molar-refractivity contribution in [2.24, 2.45) is 10.9 Å². The van der Waals surface area contributed by atoms with Crippen molar-refractivity contribution in [3.8, 4) is 28.1 Å². The zero-order valence-electron chi connectivity index (χ0n) is 35.6. The summed E-state index contributed by atoms with van der Waals surface area (Å²) in [5.74, 6) is 1.06. The van der Waals surface area contributed by atoms with Gasteiger partial charge in [-0.15, -0.1) is 0 Å². The summed E-state index contributed by atoms with van der Waals surface area (Å²) in [4.78, 5) is 69.6. The molecule has 62 heavy (non-hydrogen) atoms. The maximum atomic E-state index is 14.1. The molecule has 1 unspecified atom stereocenters. The lowest BCUT2D eigenvalue weighted by atomic mass is 9.90. The van der Waals surface area contributed by atoms with Crippen LogP contribution in [0.3, 0.4) is 0 Å². The lowest BCUT2D eigenvalue weighted by Crippen LogP contribution is -2.52. The number of carbonyl (C=O) groups excluding carboxylic acids is 4. The number of H-pyrrole nitrogens is 1. The third-order valence-electron chi connectivity index (χ3n) is 12.9. The number of rotatable bonds is 9. The number of aromatic nitrogens is 2. The third-order valence-corrected chi connectivity index (χ3v) is 12.9. The van der Waals surface area contributed by atoms with Crippen molar-refractivity contribution < 1.29 is 33.4 Å². The molecule has 0 saturated carbocycles. The van der Waals surface area contributed by atoms with Gasteiger partial charge < -0.3 is 39.6 Å².